The summed E-state index contributed by atoms with van der Waals surface area (Å²) < 4.78 is 12.5. The van der Waals surface area contributed by atoms with E-state index < -0.39 is 0 Å². The largest absolute Gasteiger partial charge is 0.383 e. The van der Waals surface area contributed by atoms with E-state index in [0.717, 1.165) is 34.9 Å². The van der Waals surface area contributed by atoms with Crippen molar-refractivity contribution < 1.29 is 14.3 Å². The maximum absolute atomic E-state index is 12.0. The Bertz CT molecular complexity index is 1250. The van der Waals surface area contributed by atoms with Crippen LogP contribution in [0.2, 0.25) is 5.02 Å². The van der Waals surface area contributed by atoms with Crippen LogP contribution in [0.5, 0.6) is 0 Å². The summed E-state index contributed by atoms with van der Waals surface area (Å²) in [7, 11) is 3.17. The van der Waals surface area contributed by atoms with Crippen molar-refractivity contribution in [1.29, 1.82) is 0 Å². The summed E-state index contributed by atoms with van der Waals surface area (Å²) in [5.41, 5.74) is 5.64. The molecular formula is C26H30ClN5O3S. The first-order chi connectivity index (χ1) is 17.3. The average molecular weight is 528 g/mol. The summed E-state index contributed by atoms with van der Waals surface area (Å²) in [5.74, 6) is -0.276. The number of amides is 1. The zero-order valence-electron chi connectivity index (χ0n) is 20.7. The number of rotatable bonds is 9. The van der Waals surface area contributed by atoms with Gasteiger partial charge in [0.05, 0.1) is 35.1 Å². The van der Waals surface area contributed by atoms with Gasteiger partial charge in [-0.3, -0.25) is 9.78 Å². The second-order valence-electron chi connectivity index (χ2n) is 8.61. The molecule has 2 aromatic heterocycles. The quantitative estimate of drug-likeness (QED) is 0.395. The van der Waals surface area contributed by atoms with Crippen LogP contribution in [0.25, 0.3) is 0 Å². The van der Waals surface area contributed by atoms with Crippen molar-refractivity contribution in [3.05, 3.63) is 76.3 Å². The van der Waals surface area contributed by atoms with Gasteiger partial charge in [-0.05, 0) is 68.0 Å². The van der Waals surface area contributed by atoms with Crippen molar-refractivity contribution in [3.8, 4) is 0 Å². The Kier molecular flexibility index (Phi) is 8.25. The lowest BCUT2D eigenvalue weighted by Crippen LogP contribution is -2.29. The Morgan fingerprint density at radius 1 is 1.19 bits per heavy atom. The molecule has 0 spiro atoms. The van der Waals surface area contributed by atoms with Gasteiger partial charge in [0.25, 0.3) is 0 Å². The fourth-order valence-electron chi connectivity index (χ4n) is 4.68. The first-order valence-corrected chi connectivity index (χ1v) is 12.4. The average Bonchev–Trinajstić information content (AvgIpc) is 3.35. The summed E-state index contributed by atoms with van der Waals surface area (Å²) >= 11 is 12.4. The van der Waals surface area contributed by atoms with Gasteiger partial charge in [-0.25, -0.2) is 0 Å². The summed E-state index contributed by atoms with van der Waals surface area (Å²) in [6, 6.07) is 13.2. The van der Waals surface area contributed by atoms with Crippen LogP contribution in [0.4, 0.5) is 11.4 Å². The maximum atomic E-state index is 12.0. The molecule has 190 valence electrons. The van der Waals surface area contributed by atoms with E-state index in [0.29, 0.717) is 22.4 Å². The Morgan fingerprint density at radius 2 is 2.00 bits per heavy atom. The summed E-state index contributed by atoms with van der Waals surface area (Å²) in [4.78, 5) is 18.7. The predicted octanol–water partition coefficient (Wildman–Crippen LogP) is 4.56. The normalized spacial score (nSPS) is 17.4. The number of hydrogen-bond donors (Lipinski definition) is 2. The summed E-state index contributed by atoms with van der Waals surface area (Å²) in [6.45, 7) is 5.55. The number of thiocarbonyl (C=S) groups is 1. The Morgan fingerprint density at radius 3 is 2.67 bits per heavy atom. The van der Waals surface area contributed by atoms with Crippen LogP contribution in [-0.4, -0.2) is 48.0 Å². The van der Waals surface area contributed by atoms with Gasteiger partial charge in [-0.2, -0.15) is 0 Å². The topological polar surface area (TPSA) is 80.7 Å². The number of aromatic nitrogens is 2. The SMILES string of the molecule is COCCn1c(C)cc([C@H]2[C@@H](c3ccccn3)NC(=S)N2c2ccc(NC(=O)COC)c(Cl)c2)c1C. The third-order valence-corrected chi connectivity index (χ3v) is 6.96. The molecule has 0 radical (unpaired) electrons. The van der Waals surface area contributed by atoms with E-state index in [9.17, 15) is 4.79 Å². The molecule has 0 aliphatic carbocycles. The smallest absolute Gasteiger partial charge is 0.250 e. The van der Waals surface area contributed by atoms with Crippen LogP contribution in [0.15, 0.2) is 48.7 Å². The highest BCUT2D eigenvalue weighted by atomic mass is 35.5. The number of methoxy groups -OCH3 is 2. The molecule has 1 aromatic carbocycles. The van der Waals surface area contributed by atoms with E-state index in [2.05, 4.69) is 45.0 Å². The number of nitrogens with one attached hydrogen (secondary N) is 2. The number of halogens is 1. The third kappa shape index (κ3) is 5.24. The number of aryl methyl sites for hydroxylation is 1. The molecule has 36 heavy (non-hydrogen) atoms. The van der Waals surface area contributed by atoms with E-state index in [1.54, 1.807) is 19.4 Å². The minimum absolute atomic E-state index is 0.0509. The van der Waals surface area contributed by atoms with Gasteiger partial charge in [0.2, 0.25) is 5.91 Å². The van der Waals surface area contributed by atoms with Gasteiger partial charge in [0.15, 0.2) is 5.11 Å². The maximum Gasteiger partial charge on any atom is 0.250 e. The second kappa shape index (κ2) is 11.4. The molecule has 1 fully saturated rings. The van der Waals surface area contributed by atoms with Crippen LogP contribution in [0.1, 0.15) is 34.7 Å². The molecule has 1 amide bonds. The molecule has 4 rings (SSSR count). The fraction of sp³-hybridized carbons (Fsp3) is 0.346. The Balaban J connectivity index is 1.77. The van der Waals surface area contributed by atoms with E-state index in [4.69, 9.17) is 33.3 Å². The van der Waals surface area contributed by atoms with Crippen molar-refractivity contribution in [3.63, 3.8) is 0 Å². The number of benzene rings is 1. The first-order valence-electron chi connectivity index (χ1n) is 11.6. The highest BCUT2D eigenvalue weighted by Gasteiger charge is 2.42. The zero-order valence-corrected chi connectivity index (χ0v) is 22.3. The van der Waals surface area contributed by atoms with Crippen LogP contribution >= 0.6 is 23.8 Å². The molecule has 3 aromatic rings. The highest BCUT2D eigenvalue weighted by molar-refractivity contribution is 7.80. The Labute approximate surface area is 221 Å². The second-order valence-corrected chi connectivity index (χ2v) is 9.41. The van der Waals surface area contributed by atoms with Gasteiger partial charge in [0.1, 0.15) is 6.61 Å². The number of pyridine rings is 1. The van der Waals surface area contributed by atoms with E-state index >= 15 is 0 Å². The lowest BCUT2D eigenvalue weighted by molar-refractivity contribution is -0.119. The minimum Gasteiger partial charge on any atom is -0.383 e. The van der Waals surface area contributed by atoms with Crippen LogP contribution in [0.3, 0.4) is 0 Å². The number of nitrogens with zero attached hydrogens (tertiary/aromatic N) is 3. The molecule has 1 aliphatic rings. The molecule has 1 saturated heterocycles. The van der Waals surface area contributed by atoms with Crippen molar-refractivity contribution in [2.24, 2.45) is 0 Å². The van der Waals surface area contributed by atoms with E-state index in [-0.39, 0.29) is 24.6 Å². The number of carbonyl (C=O) groups is 1. The van der Waals surface area contributed by atoms with Gasteiger partial charge < -0.3 is 29.6 Å². The molecule has 2 atom stereocenters. The lowest BCUT2D eigenvalue weighted by Gasteiger charge is -2.28. The molecule has 2 N–H and O–H groups in total. The standard InChI is InChI=1S/C26H30ClN5O3S/c1-16-13-19(17(2)31(16)11-12-34-3)25-24(22-7-5-6-10-28-22)30-26(36)32(25)18-8-9-21(20(27)14-18)29-23(33)15-35-4/h5-10,13-14,24-25H,11-12,15H2,1-4H3,(H,29,33)(H,30,36)/t24-,25+/m1/s1. The molecule has 3 heterocycles. The summed E-state index contributed by atoms with van der Waals surface area (Å²) in [6.07, 6.45) is 1.79. The monoisotopic (exact) mass is 527 g/mol. The number of anilines is 2. The molecule has 1 aliphatic heterocycles. The van der Waals surface area contributed by atoms with Gasteiger partial charge in [-0.1, -0.05) is 17.7 Å². The molecule has 10 heteroatoms. The van der Waals surface area contributed by atoms with E-state index in [1.807, 2.05) is 30.3 Å². The van der Waals surface area contributed by atoms with Gasteiger partial charge in [-0.15, -0.1) is 0 Å². The van der Waals surface area contributed by atoms with Crippen molar-refractivity contribution in [2.75, 3.05) is 37.7 Å². The lowest BCUT2D eigenvalue weighted by atomic mass is 9.96. The number of ether oxygens (including phenoxy) is 2. The zero-order chi connectivity index (χ0) is 25.8. The van der Waals surface area contributed by atoms with Crippen molar-refractivity contribution in [2.45, 2.75) is 32.5 Å². The molecule has 0 bridgehead atoms. The number of hydrogen-bond acceptors (Lipinski definition) is 5. The minimum atomic E-state index is -0.276. The van der Waals surface area contributed by atoms with Crippen LogP contribution in [0, 0.1) is 13.8 Å². The molecule has 0 unspecified atom stereocenters. The fourth-order valence-corrected chi connectivity index (χ4v) is 5.24. The number of carbonyl (C=O) groups excluding carboxylic acids is 1. The van der Waals surface area contributed by atoms with Crippen LogP contribution < -0.4 is 15.5 Å². The predicted molar refractivity (Wildman–Crippen MR) is 146 cm³/mol. The summed E-state index contributed by atoms with van der Waals surface area (Å²) in [5, 5.41) is 7.23. The molecule has 8 nitrogen and oxygen atoms in total. The first kappa shape index (κ1) is 26.1. The van der Waals surface area contributed by atoms with Crippen molar-refractivity contribution >= 4 is 46.2 Å². The third-order valence-electron chi connectivity index (χ3n) is 6.33. The Hall–Kier alpha value is -2.98. The van der Waals surface area contributed by atoms with E-state index in [1.165, 1.54) is 7.11 Å². The molecule has 0 saturated carbocycles. The van der Waals surface area contributed by atoms with Crippen molar-refractivity contribution in [1.82, 2.24) is 14.9 Å². The van der Waals surface area contributed by atoms with Gasteiger partial charge >= 0.3 is 0 Å². The molecular weight excluding hydrogens is 498 g/mol. The highest BCUT2D eigenvalue weighted by Crippen LogP contribution is 2.44. The van der Waals surface area contributed by atoms with Crippen LogP contribution in [-0.2, 0) is 20.8 Å². The van der Waals surface area contributed by atoms with Gasteiger partial charge in [0, 0.05) is 44.0 Å².